The number of hydrogen-bond donors (Lipinski definition) is 2. The molecule has 1 atom stereocenters. The number of methoxy groups -OCH3 is 1. The van der Waals surface area contributed by atoms with Crippen LogP contribution in [0, 0.1) is 5.41 Å². The number of benzene rings is 2. The summed E-state index contributed by atoms with van der Waals surface area (Å²) in [5.41, 5.74) is 0.775. The second kappa shape index (κ2) is 8.84. The summed E-state index contributed by atoms with van der Waals surface area (Å²) in [6, 6.07) is 10.4. The Bertz CT molecular complexity index is 843. The molecule has 0 fully saturated rings. The molecule has 0 aliphatic carbocycles. The van der Waals surface area contributed by atoms with E-state index in [1.165, 1.54) is 0 Å². The number of amides is 1. The van der Waals surface area contributed by atoms with Crippen molar-refractivity contribution in [2.45, 2.75) is 46.8 Å². The summed E-state index contributed by atoms with van der Waals surface area (Å²) in [7, 11) is 1.54. The molecule has 2 N–H and O–H groups in total. The van der Waals surface area contributed by atoms with Crippen molar-refractivity contribution in [3.05, 3.63) is 52.5 Å². The zero-order valence-electron chi connectivity index (χ0n) is 17.2. The molecule has 0 saturated heterocycles. The number of para-hydroxylation sites is 1. The van der Waals surface area contributed by atoms with E-state index >= 15 is 0 Å². The van der Waals surface area contributed by atoms with Crippen molar-refractivity contribution < 1.29 is 19.4 Å². The van der Waals surface area contributed by atoms with E-state index in [1.807, 2.05) is 46.8 Å². The number of carbonyl (C=O) groups excluding carboxylic acids is 1. The highest BCUT2D eigenvalue weighted by Gasteiger charge is 2.27. The molecule has 6 heteroatoms. The molecule has 0 radical (unpaired) electrons. The second-order valence-corrected chi connectivity index (χ2v) is 8.32. The van der Waals surface area contributed by atoms with Gasteiger partial charge in [0.2, 0.25) is 5.91 Å². The summed E-state index contributed by atoms with van der Waals surface area (Å²) in [5.74, 6) is 0.746. The van der Waals surface area contributed by atoms with E-state index in [2.05, 4.69) is 5.32 Å². The van der Waals surface area contributed by atoms with Crippen molar-refractivity contribution in [3.8, 4) is 11.5 Å². The Morgan fingerprint density at radius 2 is 1.75 bits per heavy atom. The summed E-state index contributed by atoms with van der Waals surface area (Å²) in [6.45, 7) is 9.21. The molecule has 2 aromatic carbocycles. The molecular formula is C22H28ClNO4. The predicted molar refractivity (Wildman–Crippen MR) is 112 cm³/mol. The van der Waals surface area contributed by atoms with Gasteiger partial charge in [0.15, 0.2) is 0 Å². The number of hydrogen-bond acceptors (Lipinski definition) is 4. The number of anilines is 1. The molecular weight excluding hydrogens is 378 g/mol. The second-order valence-electron chi connectivity index (χ2n) is 7.88. The van der Waals surface area contributed by atoms with Crippen molar-refractivity contribution >= 4 is 23.2 Å². The fourth-order valence-electron chi connectivity index (χ4n) is 2.66. The fourth-order valence-corrected chi connectivity index (χ4v) is 2.88. The van der Waals surface area contributed by atoms with Crippen LogP contribution in [0.15, 0.2) is 36.4 Å². The number of ether oxygens (including phenoxy) is 2. The molecule has 0 aliphatic rings. The third-order valence-corrected chi connectivity index (χ3v) is 4.33. The first-order valence-electron chi connectivity index (χ1n) is 9.17. The zero-order valence-corrected chi connectivity index (χ0v) is 17.9. The number of aliphatic hydroxyl groups excluding tert-OH is 1. The molecule has 2 rings (SSSR count). The van der Waals surface area contributed by atoms with Crippen molar-refractivity contribution in [2.24, 2.45) is 5.41 Å². The quantitative estimate of drug-likeness (QED) is 0.692. The van der Waals surface area contributed by atoms with E-state index in [1.54, 1.807) is 31.4 Å². The van der Waals surface area contributed by atoms with Gasteiger partial charge in [0.1, 0.15) is 17.6 Å². The van der Waals surface area contributed by atoms with Crippen LogP contribution in [0.25, 0.3) is 0 Å². The molecule has 2 aromatic rings. The lowest BCUT2D eigenvalue weighted by atomic mass is 9.94. The SMILES string of the molecule is COc1ccccc1C(O)c1cc(Cl)cc(OC(C)C)c1NC(=O)C(C)(C)C. The topological polar surface area (TPSA) is 67.8 Å². The van der Waals surface area contributed by atoms with Gasteiger partial charge in [0.05, 0.1) is 18.9 Å². The summed E-state index contributed by atoms with van der Waals surface area (Å²) in [4.78, 5) is 12.7. The minimum Gasteiger partial charge on any atom is -0.496 e. The van der Waals surface area contributed by atoms with Gasteiger partial charge in [-0.2, -0.15) is 0 Å². The van der Waals surface area contributed by atoms with Crippen LogP contribution in [0.1, 0.15) is 51.8 Å². The lowest BCUT2D eigenvalue weighted by Crippen LogP contribution is -2.29. The van der Waals surface area contributed by atoms with Gasteiger partial charge in [-0.25, -0.2) is 0 Å². The zero-order chi connectivity index (χ0) is 21.1. The number of halogens is 1. The highest BCUT2D eigenvalue weighted by atomic mass is 35.5. The van der Waals surface area contributed by atoms with Crippen molar-refractivity contribution in [1.29, 1.82) is 0 Å². The molecule has 1 unspecified atom stereocenters. The van der Waals surface area contributed by atoms with Crippen LogP contribution in [0.3, 0.4) is 0 Å². The maximum absolute atomic E-state index is 12.7. The van der Waals surface area contributed by atoms with E-state index in [0.29, 0.717) is 33.3 Å². The Morgan fingerprint density at radius 3 is 2.32 bits per heavy atom. The Hall–Kier alpha value is -2.24. The van der Waals surface area contributed by atoms with Crippen LogP contribution in [-0.4, -0.2) is 24.2 Å². The van der Waals surface area contributed by atoms with Gasteiger partial charge in [-0.3, -0.25) is 4.79 Å². The van der Waals surface area contributed by atoms with Crippen LogP contribution < -0.4 is 14.8 Å². The fraction of sp³-hybridized carbons (Fsp3) is 0.409. The minimum absolute atomic E-state index is 0.139. The molecule has 28 heavy (non-hydrogen) atoms. The Balaban J connectivity index is 2.64. The van der Waals surface area contributed by atoms with Gasteiger partial charge in [-0.15, -0.1) is 0 Å². The smallest absolute Gasteiger partial charge is 0.229 e. The Labute approximate surface area is 171 Å². The first kappa shape index (κ1) is 22.1. The average molecular weight is 406 g/mol. The summed E-state index contributed by atoms with van der Waals surface area (Å²) < 4.78 is 11.3. The molecule has 0 saturated carbocycles. The molecule has 0 spiro atoms. The first-order chi connectivity index (χ1) is 13.0. The monoisotopic (exact) mass is 405 g/mol. The third kappa shape index (κ3) is 5.18. The summed E-state index contributed by atoms with van der Waals surface area (Å²) >= 11 is 6.30. The number of nitrogens with one attached hydrogen (secondary N) is 1. The predicted octanol–water partition coefficient (Wildman–Crippen LogP) is 5.20. The number of carbonyl (C=O) groups is 1. The lowest BCUT2D eigenvalue weighted by molar-refractivity contribution is -0.123. The van der Waals surface area contributed by atoms with Crippen molar-refractivity contribution in [3.63, 3.8) is 0 Å². The van der Waals surface area contributed by atoms with Crippen LogP contribution >= 0.6 is 11.6 Å². The Morgan fingerprint density at radius 1 is 1.11 bits per heavy atom. The van der Waals surface area contributed by atoms with Gasteiger partial charge >= 0.3 is 0 Å². The summed E-state index contributed by atoms with van der Waals surface area (Å²) in [6.07, 6.45) is -1.21. The Kier molecular flexibility index (Phi) is 6.96. The van der Waals surface area contributed by atoms with Crippen molar-refractivity contribution in [1.82, 2.24) is 0 Å². The van der Waals surface area contributed by atoms with Crippen molar-refractivity contribution in [2.75, 3.05) is 12.4 Å². The van der Waals surface area contributed by atoms with Gasteiger partial charge in [0, 0.05) is 27.6 Å². The van der Waals surface area contributed by atoms with Crippen LogP contribution in [0.5, 0.6) is 11.5 Å². The van der Waals surface area contributed by atoms with E-state index in [9.17, 15) is 9.90 Å². The minimum atomic E-state index is -1.07. The lowest BCUT2D eigenvalue weighted by Gasteiger charge is -2.25. The molecule has 5 nitrogen and oxygen atoms in total. The van der Waals surface area contributed by atoms with E-state index in [0.717, 1.165) is 0 Å². The van der Waals surface area contributed by atoms with Gasteiger partial charge in [-0.05, 0) is 26.0 Å². The summed E-state index contributed by atoms with van der Waals surface area (Å²) in [5, 5.41) is 14.5. The van der Waals surface area contributed by atoms with Gasteiger partial charge in [0.25, 0.3) is 0 Å². The first-order valence-corrected chi connectivity index (χ1v) is 9.55. The number of rotatable bonds is 6. The largest absolute Gasteiger partial charge is 0.496 e. The third-order valence-electron chi connectivity index (χ3n) is 4.11. The van der Waals surface area contributed by atoms with Gasteiger partial charge in [-0.1, -0.05) is 50.6 Å². The van der Waals surface area contributed by atoms with E-state index < -0.39 is 11.5 Å². The van der Waals surface area contributed by atoms with Crippen LogP contribution in [0.2, 0.25) is 5.02 Å². The molecule has 152 valence electrons. The van der Waals surface area contributed by atoms with Crippen LogP contribution in [-0.2, 0) is 4.79 Å². The van der Waals surface area contributed by atoms with E-state index in [4.69, 9.17) is 21.1 Å². The highest BCUT2D eigenvalue weighted by Crippen LogP contribution is 2.41. The van der Waals surface area contributed by atoms with Gasteiger partial charge < -0.3 is 19.9 Å². The number of aliphatic hydroxyl groups is 1. The average Bonchev–Trinajstić information content (AvgIpc) is 2.61. The molecule has 1 amide bonds. The molecule has 0 aromatic heterocycles. The highest BCUT2D eigenvalue weighted by molar-refractivity contribution is 6.31. The van der Waals surface area contributed by atoms with Crippen LogP contribution in [0.4, 0.5) is 5.69 Å². The maximum Gasteiger partial charge on any atom is 0.229 e. The molecule has 0 bridgehead atoms. The maximum atomic E-state index is 12.7. The standard InChI is InChI=1S/C22H28ClNO4/c1-13(2)28-18-12-14(23)11-16(19(18)24-21(26)22(3,4)5)20(25)15-9-7-8-10-17(15)27-6/h7-13,20,25H,1-6H3,(H,24,26). The molecule has 0 aliphatic heterocycles. The van der Waals surface area contributed by atoms with E-state index in [-0.39, 0.29) is 12.0 Å². The molecule has 0 heterocycles. The normalized spacial score (nSPS) is 12.6.